The number of aromatic nitrogens is 2. The maximum atomic E-state index is 13.1. The second-order valence-corrected chi connectivity index (χ2v) is 6.62. The highest BCUT2D eigenvalue weighted by Gasteiger charge is 2.46. The largest absolute Gasteiger partial charge is 0.379 e. The van der Waals surface area contributed by atoms with E-state index in [2.05, 4.69) is 18.9 Å². The molecule has 128 valence electrons. The van der Waals surface area contributed by atoms with Crippen LogP contribution in [0.15, 0.2) is 6.07 Å². The van der Waals surface area contributed by atoms with Crippen molar-refractivity contribution >= 4 is 5.91 Å². The van der Waals surface area contributed by atoms with E-state index < -0.39 is 0 Å². The number of hydrogen-bond acceptors (Lipinski definition) is 4. The second-order valence-electron chi connectivity index (χ2n) is 6.62. The molecule has 23 heavy (non-hydrogen) atoms. The minimum Gasteiger partial charge on any atom is -0.379 e. The van der Waals surface area contributed by atoms with E-state index in [-0.39, 0.29) is 11.4 Å². The second kappa shape index (κ2) is 6.61. The number of carbonyl (C=O) groups excluding carboxylic acids is 1. The fraction of sp³-hybridized carbons (Fsp3) is 0.765. The van der Waals surface area contributed by atoms with Crippen LogP contribution < -0.4 is 0 Å². The zero-order valence-electron chi connectivity index (χ0n) is 14.4. The number of carbonyl (C=O) groups is 1. The van der Waals surface area contributed by atoms with E-state index in [4.69, 9.17) is 9.47 Å². The van der Waals surface area contributed by atoms with Crippen LogP contribution in [-0.4, -0.2) is 59.1 Å². The van der Waals surface area contributed by atoms with Crippen molar-refractivity contribution in [2.24, 2.45) is 0 Å². The van der Waals surface area contributed by atoms with Crippen molar-refractivity contribution in [2.45, 2.75) is 51.6 Å². The molecule has 2 fully saturated rings. The quantitative estimate of drug-likeness (QED) is 0.853. The summed E-state index contributed by atoms with van der Waals surface area (Å²) >= 11 is 0. The minimum absolute atomic E-state index is 0.00612. The molecule has 1 spiro atoms. The highest BCUT2D eigenvalue weighted by Crippen LogP contribution is 2.31. The Morgan fingerprint density at radius 1 is 1.30 bits per heavy atom. The zero-order valence-corrected chi connectivity index (χ0v) is 14.4. The number of nitrogens with zero attached hydrogens (tertiary/aromatic N) is 3. The molecule has 1 aromatic heterocycles. The molecule has 2 aliphatic rings. The first-order chi connectivity index (χ1) is 11.1. The highest BCUT2D eigenvalue weighted by atomic mass is 16.5. The zero-order chi connectivity index (χ0) is 16.4. The van der Waals surface area contributed by atoms with Crippen molar-refractivity contribution in [3.63, 3.8) is 0 Å². The lowest BCUT2D eigenvalue weighted by atomic mass is 9.95. The number of ether oxygens (including phenoxy) is 2. The lowest BCUT2D eigenvalue weighted by Crippen LogP contribution is -2.59. The van der Waals surface area contributed by atoms with Crippen LogP contribution in [0.4, 0.5) is 0 Å². The van der Waals surface area contributed by atoms with E-state index >= 15 is 0 Å². The number of amides is 1. The molecular weight excluding hydrogens is 294 g/mol. The van der Waals surface area contributed by atoms with Gasteiger partial charge in [0.15, 0.2) is 5.69 Å². The third kappa shape index (κ3) is 2.90. The summed E-state index contributed by atoms with van der Waals surface area (Å²) in [5.41, 5.74) is 1.29. The molecule has 0 aliphatic carbocycles. The first-order valence-electron chi connectivity index (χ1n) is 8.65. The van der Waals surface area contributed by atoms with E-state index in [1.165, 1.54) is 0 Å². The van der Waals surface area contributed by atoms with Gasteiger partial charge in [-0.1, -0.05) is 13.8 Å². The normalized spacial score (nSPS) is 24.8. The molecule has 6 nitrogen and oxygen atoms in total. The maximum absolute atomic E-state index is 13.1. The molecule has 1 atom stereocenters. The monoisotopic (exact) mass is 321 g/mol. The number of rotatable bonds is 4. The number of hydrogen-bond donors (Lipinski definition) is 0. The fourth-order valence-corrected chi connectivity index (χ4v) is 3.71. The molecule has 2 aliphatic heterocycles. The van der Waals surface area contributed by atoms with Crippen LogP contribution in [0.2, 0.25) is 0 Å². The van der Waals surface area contributed by atoms with E-state index in [1.807, 2.05) is 22.6 Å². The smallest absolute Gasteiger partial charge is 0.275 e. The van der Waals surface area contributed by atoms with E-state index in [1.54, 1.807) is 0 Å². The van der Waals surface area contributed by atoms with Crippen molar-refractivity contribution in [3.8, 4) is 0 Å². The number of morpholine rings is 1. The summed E-state index contributed by atoms with van der Waals surface area (Å²) in [7, 11) is 0. The van der Waals surface area contributed by atoms with Gasteiger partial charge in [-0.15, -0.1) is 0 Å². The Morgan fingerprint density at radius 2 is 2.00 bits per heavy atom. The third-order valence-corrected chi connectivity index (χ3v) is 5.16. The molecule has 0 N–H and O–H groups in total. The van der Waals surface area contributed by atoms with E-state index in [0.29, 0.717) is 44.7 Å². The predicted octanol–water partition coefficient (Wildman–Crippen LogP) is 2.18. The molecule has 0 saturated carbocycles. The molecule has 0 bridgehead atoms. The third-order valence-electron chi connectivity index (χ3n) is 5.16. The highest BCUT2D eigenvalue weighted by molar-refractivity contribution is 5.93. The molecule has 6 heteroatoms. The van der Waals surface area contributed by atoms with Crippen molar-refractivity contribution in [3.05, 3.63) is 17.5 Å². The van der Waals surface area contributed by atoms with Gasteiger partial charge in [-0.3, -0.25) is 9.48 Å². The van der Waals surface area contributed by atoms with Gasteiger partial charge in [0.05, 0.1) is 31.4 Å². The van der Waals surface area contributed by atoms with Crippen LogP contribution in [0.1, 0.15) is 55.3 Å². The molecule has 3 rings (SSSR count). The van der Waals surface area contributed by atoms with Gasteiger partial charge in [-0.05, 0) is 32.3 Å². The molecule has 1 amide bonds. The Hall–Kier alpha value is -1.40. The molecule has 1 aromatic rings. The van der Waals surface area contributed by atoms with Crippen LogP contribution in [0, 0.1) is 6.92 Å². The lowest BCUT2D eigenvalue weighted by Gasteiger charge is -2.43. The molecule has 1 unspecified atom stereocenters. The molecule has 2 saturated heterocycles. The summed E-state index contributed by atoms with van der Waals surface area (Å²) in [5.74, 6) is 0.00612. The van der Waals surface area contributed by atoms with Crippen LogP contribution in [0.5, 0.6) is 0 Å². The van der Waals surface area contributed by atoms with Gasteiger partial charge in [0.2, 0.25) is 0 Å². The minimum atomic E-state index is -0.304. The van der Waals surface area contributed by atoms with Gasteiger partial charge in [0.25, 0.3) is 5.91 Å². The summed E-state index contributed by atoms with van der Waals surface area (Å²) in [5, 5.41) is 4.63. The molecular formula is C17H27N3O3. The van der Waals surface area contributed by atoms with E-state index in [0.717, 1.165) is 25.0 Å². The molecule has 0 radical (unpaired) electrons. The van der Waals surface area contributed by atoms with Gasteiger partial charge in [-0.2, -0.15) is 5.10 Å². The van der Waals surface area contributed by atoms with Gasteiger partial charge < -0.3 is 14.4 Å². The average Bonchev–Trinajstić information content (AvgIpc) is 3.17. The Bertz CT molecular complexity index is 559. The van der Waals surface area contributed by atoms with Gasteiger partial charge in [0, 0.05) is 18.8 Å². The Balaban J connectivity index is 1.86. The summed E-state index contributed by atoms with van der Waals surface area (Å²) in [6.45, 7) is 9.34. The Labute approximate surface area is 137 Å². The summed E-state index contributed by atoms with van der Waals surface area (Å²) in [4.78, 5) is 15.0. The predicted molar refractivity (Wildman–Crippen MR) is 86.6 cm³/mol. The van der Waals surface area contributed by atoms with E-state index in [9.17, 15) is 4.79 Å². The SMILES string of the molecule is CCC(CC)n1nc(C(=O)N2CCOCC23CCOC3)cc1C. The van der Waals surface area contributed by atoms with Crippen molar-refractivity contribution in [2.75, 3.05) is 33.0 Å². The van der Waals surface area contributed by atoms with Crippen LogP contribution in [0.3, 0.4) is 0 Å². The number of aryl methyl sites for hydroxylation is 1. The van der Waals surface area contributed by atoms with Crippen LogP contribution in [-0.2, 0) is 9.47 Å². The summed E-state index contributed by atoms with van der Waals surface area (Å²) < 4.78 is 13.2. The average molecular weight is 321 g/mol. The summed E-state index contributed by atoms with van der Waals surface area (Å²) in [6.07, 6.45) is 2.87. The Kier molecular flexibility index (Phi) is 4.73. The summed E-state index contributed by atoms with van der Waals surface area (Å²) in [6, 6.07) is 2.27. The Morgan fingerprint density at radius 3 is 2.65 bits per heavy atom. The van der Waals surface area contributed by atoms with Crippen LogP contribution >= 0.6 is 0 Å². The van der Waals surface area contributed by atoms with Crippen molar-refractivity contribution in [1.82, 2.24) is 14.7 Å². The van der Waals surface area contributed by atoms with Gasteiger partial charge in [0.1, 0.15) is 0 Å². The molecule has 3 heterocycles. The van der Waals surface area contributed by atoms with Crippen molar-refractivity contribution in [1.29, 1.82) is 0 Å². The standard InChI is InChI=1S/C17H27N3O3/c1-4-14(5-2)20-13(3)10-15(18-20)16(21)19-7-9-23-12-17(19)6-8-22-11-17/h10,14H,4-9,11-12H2,1-3H3. The first-order valence-corrected chi connectivity index (χ1v) is 8.65. The molecule has 0 aromatic carbocycles. The topological polar surface area (TPSA) is 56.6 Å². The first kappa shape index (κ1) is 16.5. The van der Waals surface area contributed by atoms with Gasteiger partial charge >= 0.3 is 0 Å². The fourth-order valence-electron chi connectivity index (χ4n) is 3.71. The van der Waals surface area contributed by atoms with Crippen LogP contribution in [0.25, 0.3) is 0 Å². The van der Waals surface area contributed by atoms with Crippen molar-refractivity contribution < 1.29 is 14.3 Å². The maximum Gasteiger partial charge on any atom is 0.275 e. The van der Waals surface area contributed by atoms with Gasteiger partial charge in [-0.25, -0.2) is 0 Å². The lowest BCUT2D eigenvalue weighted by molar-refractivity contribution is -0.0553.